The molecule has 0 spiro atoms. The van der Waals surface area contributed by atoms with Crippen molar-refractivity contribution in [1.29, 1.82) is 0 Å². The van der Waals surface area contributed by atoms with E-state index in [9.17, 15) is 0 Å². The number of nitrogens with zero attached hydrogens (tertiary/aromatic N) is 2. The maximum absolute atomic E-state index is 8.58. The lowest BCUT2D eigenvalue weighted by Gasteiger charge is -2.02. The van der Waals surface area contributed by atoms with Crippen LogP contribution in [0.5, 0.6) is 0 Å². The molecule has 0 bridgehead atoms. The minimum absolute atomic E-state index is 0. The zero-order chi connectivity index (χ0) is 7.56. The molecule has 0 saturated heterocycles. The number of hydrogen-bond donors (Lipinski definition) is 2. The van der Waals surface area contributed by atoms with Crippen LogP contribution in [0.4, 0.5) is 5.82 Å². The summed E-state index contributed by atoms with van der Waals surface area (Å²) in [6, 6.07) is 0. The standard InChI is InChI=1S/C6H11N3O.2ClH/c1-5-8-4-6(7)9(5)2-3-10;;/h4,10H,2-3,7H2,1H3;2*1H. The number of anilines is 1. The fraction of sp³-hybridized carbons (Fsp3) is 0.500. The molecule has 1 rings (SSSR count). The third kappa shape index (κ3) is 2.89. The Labute approximate surface area is 83.6 Å². The first kappa shape index (κ1) is 14.1. The van der Waals surface area contributed by atoms with Crippen molar-refractivity contribution in [1.82, 2.24) is 9.55 Å². The van der Waals surface area contributed by atoms with E-state index in [1.165, 1.54) is 0 Å². The summed E-state index contributed by atoms with van der Waals surface area (Å²) < 4.78 is 1.76. The monoisotopic (exact) mass is 213 g/mol. The highest BCUT2D eigenvalue weighted by Gasteiger charge is 1.99. The van der Waals surface area contributed by atoms with Crippen LogP contribution in [0.1, 0.15) is 5.82 Å². The molecule has 1 aromatic heterocycles. The molecule has 72 valence electrons. The molecule has 0 amide bonds. The van der Waals surface area contributed by atoms with Gasteiger partial charge in [-0.3, -0.25) is 0 Å². The lowest BCUT2D eigenvalue weighted by Crippen LogP contribution is -2.07. The number of nitrogens with two attached hydrogens (primary N) is 1. The van der Waals surface area contributed by atoms with E-state index >= 15 is 0 Å². The molecule has 3 N–H and O–H groups in total. The van der Waals surface area contributed by atoms with E-state index in [2.05, 4.69) is 4.98 Å². The molecule has 1 aromatic rings. The van der Waals surface area contributed by atoms with E-state index in [0.717, 1.165) is 5.82 Å². The third-order valence-corrected chi connectivity index (χ3v) is 1.41. The van der Waals surface area contributed by atoms with E-state index in [-0.39, 0.29) is 31.4 Å². The highest BCUT2D eigenvalue weighted by Crippen LogP contribution is 2.04. The van der Waals surface area contributed by atoms with Crippen molar-refractivity contribution in [2.24, 2.45) is 0 Å². The van der Waals surface area contributed by atoms with Gasteiger partial charge in [-0.25, -0.2) is 4.98 Å². The largest absolute Gasteiger partial charge is 0.395 e. The number of rotatable bonds is 2. The summed E-state index contributed by atoms with van der Waals surface area (Å²) in [5.74, 6) is 1.44. The van der Waals surface area contributed by atoms with Crippen molar-refractivity contribution < 1.29 is 5.11 Å². The van der Waals surface area contributed by atoms with Gasteiger partial charge in [0.15, 0.2) is 0 Å². The number of imidazole rings is 1. The summed E-state index contributed by atoms with van der Waals surface area (Å²) in [5.41, 5.74) is 5.52. The lowest BCUT2D eigenvalue weighted by molar-refractivity contribution is 0.275. The Kier molecular flexibility index (Phi) is 7.18. The second kappa shape index (κ2) is 6.11. The topological polar surface area (TPSA) is 64.1 Å². The van der Waals surface area contributed by atoms with Crippen LogP contribution in [-0.4, -0.2) is 21.3 Å². The number of aryl methyl sites for hydroxylation is 1. The molecule has 0 aromatic carbocycles. The van der Waals surface area contributed by atoms with Gasteiger partial charge in [0.05, 0.1) is 12.8 Å². The van der Waals surface area contributed by atoms with Crippen LogP contribution in [0.25, 0.3) is 0 Å². The molecule has 12 heavy (non-hydrogen) atoms. The van der Waals surface area contributed by atoms with Gasteiger partial charge >= 0.3 is 0 Å². The zero-order valence-corrected chi connectivity index (χ0v) is 8.36. The molecular formula is C6H13Cl2N3O. The van der Waals surface area contributed by atoms with E-state index in [4.69, 9.17) is 10.8 Å². The minimum atomic E-state index is 0. The highest BCUT2D eigenvalue weighted by molar-refractivity contribution is 5.85. The van der Waals surface area contributed by atoms with Crippen LogP contribution in [0.3, 0.4) is 0 Å². The van der Waals surface area contributed by atoms with Crippen LogP contribution >= 0.6 is 24.8 Å². The number of aliphatic hydroxyl groups is 1. The molecule has 0 aliphatic rings. The van der Waals surface area contributed by atoms with Crippen molar-refractivity contribution >= 4 is 30.6 Å². The average Bonchev–Trinajstić information content (AvgIpc) is 2.20. The first-order valence-corrected chi connectivity index (χ1v) is 3.14. The Hall–Kier alpha value is -0.450. The Balaban J connectivity index is 0. The lowest BCUT2D eigenvalue weighted by atomic mass is 10.6. The van der Waals surface area contributed by atoms with Gasteiger partial charge in [-0.2, -0.15) is 0 Å². The van der Waals surface area contributed by atoms with Crippen LogP contribution < -0.4 is 5.73 Å². The summed E-state index contributed by atoms with van der Waals surface area (Å²) in [5, 5.41) is 8.58. The summed E-state index contributed by atoms with van der Waals surface area (Å²) >= 11 is 0. The second-order valence-electron chi connectivity index (χ2n) is 2.11. The van der Waals surface area contributed by atoms with Gasteiger partial charge in [0.2, 0.25) is 0 Å². The number of halogens is 2. The first-order valence-electron chi connectivity index (χ1n) is 3.14. The van der Waals surface area contributed by atoms with Gasteiger partial charge in [-0.1, -0.05) is 0 Å². The number of nitrogen functional groups attached to an aromatic ring is 1. The van der Waals surface area contributed by atoms with Gasteiger partial charge in [-0.05, 0) is 6.92 Å². The van der Waals surface area contributed by atoms with Crippen molar-refractivity contribution in [3.05, 3.63) is 12.0 Å². The Morgan fingerprint density at radius 2 is 2.17 bits per heavy atom. The Morgan fingerprint density at radius 3 is 2.50 bits per heavy atom. The fourth-order valence-electron chi connectivity index (χ4n) is 0.877. The van der Waals surface area contributed by atoms with Crippen LogP contribution in [0, 0.1) is 6.92 Å². The van der Waals surface area contributed by atoms with E-state index in [1.54, 1.807) is 10.8 Å². The second-order valence-corrected chi connectivity index (χ2v) is 2.11. The molecule has 0 unspecified atom stereocenters. The third-order valence-electron chi connectivity index (χ3n) is 1.41. The normalized spacial score (nSPS) is 8.50. The Morgan fingerprint density at radius 1 is 1.58 bits per heavy atom. The number of hydrogen-bond acceptors (Lipinski definition) is 3. The summed E-state index contributed by atoms with van der Waals surface area (Å²) in [6.45, 7) is 2.48. The van der Waals surface area contributed by atoms with Gasteiger partial charge in [0.25, 0.3) is 0 Å². The molecule has 1 heterocycles. The van der Waals surface area contributed by atoms with Crippen molar-refractivity contribution in [2.45, 2.75) is 13.5 Å². The smallest absolute Gasteiger partial charge is 0.123 e. The van der Waals surface area contributed by atoms with Gasteiger partial charge in [0, 0.05) is 6.54 Å². The molecule has 0 radical (unpaired) electrons. The van der Waals surface area contributed by atoms with Gasteiger partial charge in [-0.15, -0.1) is 24.8 Å². The predicted octanol–water partition coefficient (Wildman–Crippen LogP) is 0.610. The molecule has 0 saturated carbocycles. The predicted molar refractivity (Wildman–Crippen MR) is 53.0 cm³/mol. The molecule has 0 aliphatic heterocycles. The minimum Gasteiger partial charge on any atom is -0.395 e. The van der Waals surface area contributed by atoms with Crippen LogP contribution in [0.15, 0.2) is 6.20 Å². The number of aromatic nitrogens is 2. The summed E-state index contributed by atoms with van der Waals surface area (Å²) in [4.78, 5) is 3.96. The van der Waals surface area contributed by atoms with Crippen molar-refractivity contribution in [3.63, 3.8) is 0 Å². The first-order chi connectivity index (χ1) is 4.75. The molecule has 0 aliphatic carbocycles. The van der Waals surface area contributed by atoms with E-state index < -0.39 is 0 Å². The van der Waals surface area contributed by atoms with E-state index in [0.29, 0.717) is 12.4 Å². The van der Waals surface area contributed by atoms with Gasteiger partial charge in [0.1, 0.15) is 11.6 Å². The van der Waals surface area contributed by atoms with Crippen molar-refractivity contribution in [3.8, 4) is 0 Å². The summed E-state index contributed by atoms with van der Waals surface area (Å²) in [7, 11) is 0. The Bertz CT molecular complexity index is 207. The molecule has 4 nitrogen and oxygen atoms in total. The highest BCUT2D eigenvalue weighted by atomic mass is 35.5. The van der Waals surface area contributed by atoms with Crippen LogP contribution in [-0.2, 0) is 6.54 Å². The maximum Gasteiger partial charge on any atom is 0.123 e. The number of aliphatic hydroxyl groups excluding tert-OH is 1. The quantitative estimate of drug-likeness (QED) is 0.758. The van der Waals surface area contributed by atoms with Gasteiger partial charge < -0.3 is 15.4 Å². The molecular weight excluding hydrogens is 201 g/mol. The van der Waals surface area contributed by atoms with E-state index in [1.807, 2.05) is 6.92 Å². The molecule has 6 heteroatoms. The average molecular weight is 214 g/mol. The SMILES string of the molecule is Cc1ncc(N)n1CCO.Cl.Cl. The summed E-state index contributed by atoms with van der Waals surface area (Å²) in [6.07, 6.45) is 1.59. The molecule has 0 atom stereocenters. The fourth-order valence-corrected chi connectivity index (χ4v) is 0.877. The maximum atomic E-state index is 8.58. The zero-order valence-electron chi connectivity index (χ0n) is 6.73. The van der Waals surface area contributed by atoms with Crippen molar-refractivity contribution in [2.75, 3.05) is 12.3 Å². The molecule has 0 fully saturated rings. The van der Waals surface area contributed by atoms with Crippen LogP contribution in [0.2, 0.25) is 0 Å².